The number of aryl methyl sites for hydroxylation is 1. The van der Waals surface area contributed by atoms with Gasteiger partial charge in [0.1, 0.15) is 5.82 Å². The molecular formula is C21H19N5. The summed E-state index contributed by atoms with van der Waals surface area (Å²) in [5, 5.41) is 5.78. The van der Waals surface area contributed by atoms with Gasteiger partial charge in [0.05, 0.1) is 12.2 Å². The number of fused-ring (bicyclic) bond motifs is 1. The Morgan fingerprint density at radius 1 is 0.923 bits per heavy atom. The van der Waals surface area contributed by atoms with Gasteiger partial charge in [-0.05, 0) is 37.4 Å². The van der Waals surface area contributed by atoms with Gasteiger partial charge >= 0.3 is 0 Å². The predicted molar refractivity (Wildman–Crippen MR) is 104 cm³/mol. The molecule has 5 nitrogen and oxygen atoms in total. The van der Waals surface area contributed by atoms with Crippen molar-refractivity contribution < 1.29 is 0 Å². The lowest BCUT2D eigenvalue weighted by atomic mass is 10.1. The normalized spacial score (nSPS) is 10.8. The monoisotopic (exact) mass is 341 g/mol. The fourth-order valence-corrected chi connectivity index (χ4v) is 2.92. The molecule has 5 heteroatoms. The summed E-state index contributed by atoms with van der Waals surface area (Å²) in [6.45, 7) is 4.63. The molecule has 3 aromatic heterocycles. The Bertz CT molecular complexity index is 1060. The van der Waals surface area contributed by atoms with Crippen LogP contribution in [-0.4, -0.2) is 19.9 Å². The van der Waals surface area contributed by atoms with Crippen LogP contribution in [0.25, 0.3) is 22.2 Å². The first-order valence-electron chi connectivity index (χ1n) is 8.54. The minimum absolute atomic E-state index is 0.602. The van der Waals surface area contributed by atoms with E-state index in [0.29, 0.717) is 12.4 Å². The summed E-state index contributed by atoms with van der Waals surface area (Å²) in [5.41, 5.74) is 3.90. The lowest BCUT2D eigenvalue weighted by Crippen LogP contribution is -2.08. The summed E-state index contributed by atoms with van der Waals surface area (Å²) in [7, 11) is 0. The van der Waals surface area contributed by atoms with Crippen LogP contribution >= 0.6 is 0 Å². The predicted octanol–water partition coefficient (Wildman–Crippen LogP) is 4.32. The molecule has 0 saturated carbocycles. The van der Waals surface area contributed by atoms with Crippen molar-refractivity contribution in [1.29, 1.82) is 0 Å². The van der Waals surface area contributed by atoms with Crippen LogP contribution < -0.4 is 5.32 Å². The van der Waals surface area contributed by atoms with E-state index in [2.05, 4.69) is 32.4 Å². The van der Waals surface area contributed by atoms with Gasteiger partial charge in [0.2, 0.25) is 0 Å². The fourth-order valence-electron chi connectivity index (χ4n) is 2.92. The molecule has 0 spiro atoms. The minimum Gasteiger partial charge on any atom is -0.364 e. The number of hydrogen-bond donors (Lipinski definition) is 1. The number of nitrogens with one attached hydrogen (secondary N) is 1. The molecular weight excluding hydrogens is 322 g/mol. The first kappa shape index (κ1) is 16.1. The highest BCUT2D eigenvalue weighted by Crippen LogP contribution is 2.22. The molecule has 0 unspecified atom stereocenters. The molecule has 0 radical (unpaired) electrons. The van der Waals surface area contributed by atoms with E-state index in [4.69, 9.17) is 4.98 Å². The van der Waals surface area contributed by atoms with Crippen molar-refractivity contribution in [2.24, 2.45) is 0 Å². The second-order valence-corrected chi connectivity index (χ2v) is 6.18. The van der Waals surface area contributed by atoms with Crippen LogP contribution in [0.5, 0.6) is 0 Å². The Labute approximate surface area is 152 Å². The Balaban J connectivity index is 1.67. The van der Waals surface area contributed by atoms with Crippen molar-refractivity contribution in [1.82, 2.24) is 19.9 Å². The zero-order valence-corrected chi connectivity index (χ0v) is 14.8. The summed E-state index contributed by atoms with van der Waals surface area (Å²) >= 11 is 0. The summed E-state index contributed by atoms with van der Waals surface area (Å²) < 4.78 is 0. The number of anilines is 1. The standard InChI is InChI=1S/C21H19N5/c1-14-15(2)25-21(17-7-5-10-22-12-17)26-20(14)24-13-19-18-8-4-3-6-16(18)9-11-23-19/h3-12H,13H2,1-2H3,(H,24,25,26). The van der Waals surface area contributed by atoms with Gasteiger partial charge in [-0.25, -0.2) is 9.97 Å². The average Bonchev–Trinajstić information content (AvgIpc) is 2.69. The number of rotatable bonds is 4. The topological polar surface area (TPSA) is 63.6 Å². The van der Waals surface area contributed by atoms with Crippen LogP contribution in [0.2, 0.25) is 0 Å². The van der Waals surface area contributed by atoms with Crippen molar-refractivity contribution in [2.75, 3.05) is 5.32 Å². The molecule has 26 heavy (non-hydrogen) atoms. The van der Waals surface area contributed by atoms with Gasteiger partial charge in [0.25, 0.3) is 0 Å². The van der Waals surface area contributed by atoms with Gasteiger partial charge in [0, 0.05) is 40.8 Å². The first-order chi connectivity index (χ1) is 12.7. The third kappa shape index (κ3) is 3.11. The van der Waals surface area contributed by atoms with Crippen LogP contribution in [0.4, 0.5) is 5.82 Å². The smallest absolute Gasteiger partial charge is 0.163 e. The molecule has 0 atom stereocenters. The zero-order chi connectivity index (χ0) is 17.9. The van der Waals surface area contributed by atoms with Gasteiger partial charge < -0.3 is 5.32 Å². The van der Waals surface area contributed by atoms with Gasteiger partial charge in [-0.1, -0.05) is 24.3 Å². The van der Waals surface area contributed by atoms with E-state index >= 15 is 0 Å². The van der Waals surface area contributed by atoms with Crippen LogP contribution in [-0.2, 0) is 6.54 Å². The highest BCUT2D eigenvalue weighted by Gasteiger charge is 2.10. The molecule has 0 aliphatic rings. The minimum atomic E-state index is 0.602. The van der Waals surface area contributed by atoms with E-state index < -0.39 is 0 Å². The Morgan fingerprint density at radius 3 is 2.65 bits per heavy atom. The SMILES string of the molecule is Cc1nc(-c2cccnc2)nc(NCc2nccc3ccccc23)c1C. The van der Waals surface area contributed by atoms with Crippen molar-refractivity contribution in [2.45, 2.75) is 20.4 Å². The van der Waals surface area contributed by atoms with E-state index in [-0.39, 0.29) is 0 Å². The van der Waals surface area contributed by atoms with Crippen molar-refractivity contribution in [3.05, 3.63) is 78.0 Å². The lowest BCUT2D eigenvalue weighted by Gasteiger charge is -2.13. The summed E-state index contributed by atoms with van der Waals surface area (Å²) in [6.07, 6.45) is 5.37. The van der Waals surface area contributed by atoms with E-state index in [1.54, 1.807) is 12.4 Å². The molecule has 3 heterocycles. The molecule has 0 bridgehead atoms. The summed E-state index contributed by atoms with van der Waals surface area (Å²) in [5.74, 6) is 1.50. The number of benzene rings is 1. The average molecular weight is 341 g/mol. The Kier molecular flexibility index (Phi) is 4.27. The summed E-state index contributed by atoms with van der Waals surface area (Å²) in [4.78, 5) is 18.0. The van der Waals surface area contributed by atoms with Gasteiger partial charge in [-0.3, -0.25) is 9.97 Å². The van der Waals surface area contributed by atoms with Crippen LogP contribution in [0.3, 0.4) is 0 Å². The third-order valence-corrected chi connectivity index (χ3v) is 4.49. The van der Waals surface area contributed by atoms with Crippen molar-refractivity contribution in [3.63, 3.8) is 0 Å². The van der Waals surface area contributed by atoms with Crippen molar-refractivity contribution in [3.8, 4) is 11.4 Å². The molecule has 128 valence electrons. The lowest BCUT2D eigenvalue weighted by molar-refractivity contribution is 1.01. The molecule has 4 rings (SSSR count). The number of nitrogens with zero attached hydrogens (tertiary/aromatic N) is 4. The molecule has 0 aliphatic heterocycles. The number of aromatic nitrogens is 4. The van der Waals surface area contributed by atoms with Crippen molar-refractivity contribution >= 4 is 16.6 Å². The highest BCUT2D eigenvalue weighted by molar-refractivity contribution is 5.84. The van der Waals surface area contributed by atoms with Crippen LogP contribution in [0, 0.1) is 13.8 Å². The molecule has 0 saturated heterocycles. The molecule has 1 N–H and O–H groups in total. The van der Waals surface area contributed by atoms with E-state index in [9.17, 15) is 0 Å². The molecule has 0 fully saturated rings. The third-order valence-electron chi connectivity index (χ3n) is 4.49. The van der Waals surface area contributed by atoms with Gasteiger partial charge in [-0.15, -0.1) is 0 Å². The van der Waals surface area contributed by atoms with Gasteiger partial charge in [-0.2, -0.15) is 0 Å². The fraction of sp³-hybridized carbons (Fsp3) is 0.143. The van der Waals surface area contributed by atoms with E-state index in [0.717, 1.165) is 33.7 Å². The van der Waals surface area contributed by atoms with E-state index in [1.807, 2.05) is 50.4 Å². The van der Waals surface area contributed by atoms with E-state index in [1.165, 1.54) is 5.39 Å². The molecule has 4 aromatic rings. The Morgan fingerprint density at radius 2 is 1.81 bits per heavy atom. The van der Waals surface area contributed by atoms with Crippen LogP contribution in [0.15, 0.2) is 61.1 Å². The molecule has 0 amide bonds. The number of hydrogen-bond acceptors (Lipinski definition) is 5. The molecule has 1 aromatic carbocycles. The van der Waals surface area contributed by atoms with Crippen LogP contribution in [0.1, 0.15) is 17.0 Å². The number of pyridine rings is 2. The maximum Gasteiger partial charge on any atom is 0.163 e. The molecule has 0 aliphatic carbocycles. The second-order valence-electron chi connectivity index (χ2n) is 6.18. The second kappa shape index (κ2) is 6.88. The largest absolute Gasteiger partial charge is 0.364 e. The maximum absolute atomic E-state index is 4.71. The zero-order valence-electron chi connectivity index (χ0n) is 14.8. The Hall–Kier alpha value is -3.34. The maximum atomic E-state index is 4.71. The summed E-state index contributed by atoms with van der Waals surface area (Å²) in [6, 6.07) is 14.2. The van der Waals surface area contributed by atoms with Gasteiger partial charge in [0.15, 0.2) is 5.82 Å². The first-order valence-corrected chi connectivity index (χ1v) is 8.54. The quantitative estimate of drug-likeness (QED) is 0.599. The highest BCUT2D eigenvalue weighted by atomic mass is 15.0.